The molecule has 18 heavy (non-hydrogen) atoms. The second-order valence-corrected chi connectivity index (χ2v) is 5.47. The van der Waals surface area contributed by atoms with Gasteiger partial charge in [-0.25, -0.2) is 4.39 Å². The van der Waals surface area contributed by atoms with E-state index in [1.165, 1.54) is 6.07 Å². The highest BCUT2D eigenvalue weighted by atomic mass is 79.9. The number of nitrogens with zero attached hydrogens (tertiary/aromatic N) is 1. The second kappa shape index (κ2) is 7.87. The molecule has 4 heteroatoms. The molecule has 0 saturated heterocycles. The lowest BCUT2D eigenvalue weighted by Gasteiger charge is -2.20. The van der Waals surface area contributed by atoms with Gasteiger partial charge in [0.25, 0.3) is 0 Å². The molecule has 0 saturated carbocycles. The van der Waals surface area contributed by atoms with E-state index in [4.69, 9.17) is 5.73 Å². The number of hydrogen-bond donors (Lipinski definition) is 1. The Morgan fingerprint density at radius 3 is 2.50 bits per heavy atom. The molecule has 1 rings (SSSR count). The smallest absolute Gasteiger partial charge is 0.124 e. The van der Waals surface area contributed by atoms with Gasteiger partial charge in [0.1, 0.15) is 5.82 Å². The van der Waals surface area contributed by atoms with Crippen molar-refractivity contribution in [2.45, 2.75) is 32.7 Å². The lowest BCUT2D eigenvalue weighted by atomic mass is 10.0. The lowest BCUT2D eigenvalue weighted by molar-refractivity contribution is 0.290. The van der Waals surface area contributed by atoms with Crippen molar-refractivity contribution < 1.29 is 4.39 Å². The molecule has 0 aliphatic rings. The van der Waals surface area contributed by atoms with Crippen LogP contribution >= 0.6 is 15.9 Å². The molecule has 1 aromatic carbocycles. The van der Waals surface area contributed by atoms with Crippen LogP contribution in [-0.4, -0.2) is 30.6 Å². The minimum absolute atomic E-state index is 0.0827. The highest BCUT2D eigenvalue weighted by molar-refractivity contribution is 9.10. The molecule has 2 nitrogen and oxygen atoms in total. The van der Waals surface area contributed by atoms with Crippen LogP contribution in [0.15, 0.2) is 22.7 Å². The molecule has 0 heterocycles. The third-order valence-corrected chi connectivity index (χ3v) is 3.59. The van der Waals surface area contributed by atoms with E-state index >= 15 is 0 Å². The van der Waals surface area contributed by atoms with E-state index in [0.29, 0.717) is 0 Å². The summed E-state index contributed by atoms with van der Waals surface area (Å²) in [6.07, 6.45) is 1.66. The maximum atomic E-state index is 13.2. The minimum atomic E-state index is -0.213. The molecule has 0 fully saturated rings. The molecule has 102 valence electrons. The summed E-state index contributed by atoms with van der Waals surface area (Å²) in [7, 11) is 0. The molecule has 0 aromatic heterocycles. The molecule has 1 aromatic rings. The lowest BCUT2D eigenvalue weighted by Crippen LogP contribution is -2.31. The molecule has 0 aliphatic carbocycles. The van der Waals surface area contributed by atoms with Gasteiger partial charge in [0.15, 0.2) is 0 Å². The monoisotopic (exact) mass is 316 g/mol. The Bertz CT molecular complexity index is 347. The largest absolute Gasteiger partial charge is 0.327 e. The summed E-state index contributed by atoms with van der Waals surface area (Å²) < 4.78 is 14.0. The van der Waals surface area contributed by atoms with Crippen LogP contribution in [0.4, 0.5) is 4.39 Å². The highest BCUT2D eigenvalue weighted by Gasteiger charge is 2.08. The predicted molar refractivity (Wildman–Crippen MR) is 78.2 cm³/mol. The van der Waals surface area contributed by atoms with Crippen LogP contribution in [-0.2, 0) is 6.42 Å². The van der Waals surface area contributed by atoms with E-state index in [1.54, 1.807) is 6.07 Å². The van der Waals surface area contributed by atoms with Crippen molar-refractivity contribution in [1.82, 2.24) is 4.90 Å². The van der Waals surface area contributed by atoms with Crippen LogP contribution in [0.5, 0.6) is 0 Å². The fourth-order valence-electron chi connectivity index (χ4n) is 2.02. The molecule has 0 amide bonds. The zero-order valence-corrected chi connectivity index (χ0v) is 12.7. The van der Waals surface area contributed by atoms with Gasteiger partial charge in [-0.3, -0.25) is 0 Å². The average molecular weight is 317 g/mol. The Balaban J connectivity index is 2.46. The molecule has 0 radical (unpaired) electrons. The minimum Gasteiger partial charge on any atom is -0.327 e. The Hall–Kier alpha value is -0.450. The summed E-state index contributed by atoms with van der Waals surface area (Å²) in [5, 5.41) is 0. The van der Waals surface area contributed by atoms with Crippen LogP contribution < -0.4 is 5.73 Å². The molecule has 2 N–H and O–H groups in total. The van der Waals surface area contributed by atoms with Gasteiger partial charge < -0.3 is 10.6 Å². The van der Waals surface area contributed by atoms with Gasteiger partial charge in [0.05, 0.1) is 0 Å². The molecule has 0 spiro atoms. The van der Waals surface area contributed by atoms with Crippen LogP contribution in [0.2, 0.25) is 0 Å². The highest BCUT2D eigenvalue weighted by Crippen LogP contribution is 2.16. The van der Waals surface area contributed by atoms with Crippen molar-refractivity contribution >= 4 is 15.9 Å². The van der Waals surface area contributed by atoms with E-state index in [1.807, 2.05) is 6.07 Å². The third-order valence-electron chi connectivity index (χ3n) is 3.13. The van der Waals surface area contributed by atoms with Gasteiger partial charge >= 0.3 is 0 Å². The van der Waals surface area contributed by atoms with Gasteiger partial charge in [-0.1, -0.05) is 29.8 Å². The van der Waals surface area contributed by atoms with E-state index < -0.39 is 0 Å². The standard InChI is InChI=1S/C14H22BrFN2/c1-3-18(4-2)6-5-14(17)9-11-7-12(15)10-13(16)8-11/h7-8,10,14H,3-6,9,17H2,1-2H3. The van der Waals surface area contributed by atoms with Gasteiger partial charge in [-0.2, -0.15) is 0 Å². The quantitative estimate of drug-likeness (QED) is 0.837. The van der Waals surface area contributed by atoms with Crippen LogP contribution in [0.1, 0.15) is 25.8 Å². The van der Waals surface area contributed by atoms with E-state index in [0.717, 1.165) is 42.5 Å². The molecular formula is C14H22BrFN2. The molecule has 1 unspecified atom stereocenters. The van der Waals surface area contributed by atoms with Crippen molar-refractivity contribution in [1.29, 1.82) is 0 Å². The first-order valence-corrected chi connectivity index (χ1v) is 7.27. The third kappa shape index (κ3) is 5.46. The molecular weight excluding hydrogens is 295 g/mol. The zero-order valence-electron chi connectivity index (χ0n) is 11.1. The molecule has 1 atom stereocenters. The summed E-state index contributed by atoms with van der Waals surface area (Å²) in [4.78, 5) is 2.35. The van der Waals surface area contributed by atoms with E-state index in [2.05, 4.69) is 34.7 Å². The Kier molecular flexibility index (Phi) is 6.82. The number of nitrogens with two attached hydrogens (primary N) is 1. The maximum Gasteiger partial charge on any atom is 0.124 e. The van der Waals surface area contributed by atoms with Crippen molar-refractivity contribution in [3.05, 3.63) is 34.1 Å². The summed E-state index contributed by atoms with van der Waals surface area (Å²) in [5.74, 6) is -0.213. The van der Waals surface area contributed by atoms with Gasteiger partial charge in [-0.05, 0) is 56.2 Å². The van der Waals surface area contributed by atoms with Crippen molar-refractivity contribution in [3.63, 3.8) is 0 Å². The first kappa shape index (κ1) is 15.6. The fraction of sp³-hybridized carbons (Fsp3) is 0.571. The Morgan fingerprint density at radius 2 is 1.94 bits per heavy atom. The second-order valence-electron chi connectivity index (χ2n) is 4.56. The van der Waals surface area contributed by atoms with E-state index in [-0.39, 0.29) is 11.9 Å². The SMILES string of the molecule is CCN(CC)CCC(N)Cc1cc(F)cc(Br)c1. The normalized spacial score (nSPS) is 13.0. The van der Waals surface area contributed by atoms with Crippen LogP contribution in [0, 0.1) is 5.82 Å². The van der Waals surface area contributed by atoms with Crippen LogP contribution in [0.25, 0.3) is 0 Å². The molecule has 0 bridgehead atoms. The maximum absolute atomic E-state index is 13.2. The van der Waals surface area contributed by atoms with Crippen molar-refractivity contribution in [2.24, 2.45) is 5.73 Å². The van der Waals surface area contributed by atoms with Crippen molar-refractivity contribution in [3.8, 4) is 0 Å². The number of rotatable bonds is 7. The first-order chi connectivity index (χ1) is 8.55. The summed E-state index contributed by atoms with van der Waals surface area (Å²) in [6.45, 7) is 7.41. The van der Waals surface area contributed by atoms with Crippen LogP contribution in [0.3, 0.4) is 0 Å². The Labute approximate surface area is 117 Å². The van der Waals surface area contributed by atoms with E-state index in [9.17, 15) is 4.39 Å². The summed E-state index contributed by atoms with van der Waals surface area (Å²) in [6, 6.07) is 5.03. The average Bonchev–Trinajstić information content (AvgIpc) is 2.28. The number of hydrogen-bond acceptors (Lipinski definition) is 2. The first-order valence-electron chi connectivity index (χ1n) is 6.48. The van der Waals surface area contributed by atoms with Gasteiger partial charge in [0.2, 0.25) is 0 Å². The number of benzene rings is 1. The van der Waals surface area contributed by atoms with Gasteiger partial charge in [-0.15, -0.1) is 0 Å². The summed E-state index contributed by atoms with van der Waals surface area (Å²) in [5.41, 5.74) is 7.05. The topological polar surface area (TPSA) is 29.3 Å². The summed E-state index contributed by atoms with van der Waals surface area (Å²) >= 11 is 3.30. The predicted octanol–water partition coefficient (Wildman–Crippen LogP) is 3.19. The van der Waals surface area contributed by atoms with Gasteiger partial charge in [0, 0.05) is 10.5 Å². The molecule has 0 aliphatic heterocycles. The number of halogens is 2. The van der Waals surface area contributed by atoms with Crippen molar-refractivity contribution in [2.75, 3.05) is 19.6 Å². The fourth-order valence-corrected chi connectivity index (χ4v) is 2.53. The zero-order chi connectivity index (χ0) is 13.5. The Morgan fingerprint density at radius 1 is 1.28 bits per heavy atom.